The molecule has 0 radical (unpaired) electrons. The summed E-state index contributed by atoms with van der Waals surface area (Å²) in [4.78, 5) is 25.1. The molecule has 120 valence electrons. The number of esters is 1. The van der Waals surface area contributed by atoms with E-state index < -0.39 is 0 Å². The number of hydrogen-bond donors (Lipinski definition) is 1. The zero-order valence-electron chi connectivity index (χ0n) is 12.7. The van der Waals surface area contributed by atoms with Crippen LogP contribution in [0.15, 0.2) is 18.2 Å². The molecular weight excluding hydrogens is 304 g/mol. The zero-order chi connectivity index (χ0) is 16.1. The van der Waals surface area contributed by atoms with Crippen molar-refractivity contribution in [3.05, 3.63) is 34.3 Å². The van der Waals surface area contributed by atoms with Crippen LogP contribution in [-0.4, -0.2) is 36.5 Å². The van der Waals surface area contributed by atoms with E-state index in [-0.39, 0.29) is 17.9 Å². The molecule has 1 amide bonds. The Morgan fingerprint density at radius 3 is 2.86 bits per heavy atom. The molecule has 2 N–H and O–H groups in total. The van der Waals surface area contributed by atoms with Crippen molar-refractivity contribution < 1.29 is 14.3 Å². The number of benzene rings is 1. The predicted octanol–water partition coefficient (Wildman–Crippen LogP) is 2.36. The molecule has 1 aliphatic heterocycles. The van der Waals surface area contributed by atoms with Crippen molar-refractivity contribution in [3.63, 3.8) is 0 Å². The molecule has 0 unspecified atom stereocenters. The molecule has 2 rings (SSSR count). The normalized spacial score (nSPS) is 18.9. The van der Waals surface area contributed by atoms with Crippen molar-refractivity contribution in [3.8, 4) is 0 Å². The molecule has 1 saturated heterocycles. The Kier molecular flexibility index (Phi) is 5.80. The molecule has 0 saturated carbocycles. The van der Waals surface area contributed by atoms with Crippen LogP contribution in [-0.2, 0) is 16.1 Å². The van der Waals surface area contributed by atoms with Gasteiger partial charge in [-0.15, -0.1) is 0 Å². The van der Waals surface area contributed by atoms with E-state index in [0.717, 1.165) is 31.4 Å². The van der Waals surface area contributed by atoms with Gasteiger partial charge < -0.3 is 10.5 Å². The average Bonchev–Trinajstić information content (AvgIpc) is 2.50. The Hall–Kier alpha value is -1.59. The summed E-state index contributed by atoms with van der Waals surface area (Å²) in [5, 5.41) is 0.607. The molecule has 0 bridgehead atoms. The number of piperidine rings is 1. The maximum absolute atomic E-state index is 11.6. The lowest BCUT2D eigenvalue weighted by Gasteiger charge is -2.35. The van der Waals surface area contributed by atoms with Crippen LogP contribution in [0, 0.1) is 0 Å². The summed E-state index contributed by atoms with van der Waals surface area (Å²) < 4.78 is 4.74. The number of methoxy groups -OCH3 is 1. The summed E-state index contributed by atoms with van der Waals surface area (Å²) in [5.74, 6) is -0.670. The average molecular weight is 325 g/mol. The highest BCUT2D eigenvalue weighted by molar-refractivity contribution is 6.31. The number of primary amides is 1. The van der Waals surface area contributed by atoms with Gasteiger partial charge in [-0.1, -0.05) is 18.0 Å². The Morgan fingerprint density at radius 1 is 1.41 bits per heavy atom. The molecule has 0 spiro atoms. The third-order valence-corrected chi connectivity index (χ3v) is 4.39. The molecular formula is C16H21ClN2O3. The van der Waals surface area contributed by atoms with Gasteiger partial charge in [0.05, 0.1) is 12.7 Å². The fraction of sp³-hybridized carbons (Fsp3) is 0.500. The van der Waals surface area contributed by atoms with E-state index in [2.05, 4.69) is 4.90 Å². The Bertz CT molecular complexity index is 562. The smallest absolute Gasteiger partial charge is 0.337 e. The van der Waals surface area contributed by atoms with Gasteiger partial charge in [0.25, 0.3) is 0 Å². The summed E-state index contributed by atoms with van der Waals surface area (Å²) in [6.07, 6.45) is 3.50. The van der Waals surface area contributed by atoms with Gasteiger partial charge in [0.15, 0.2) is 0 Å². The first-order valence-electron chi connectivity index (χ1n) is 7.40. The topological polar surface area (TPSA) is 72.6 Å². The van der Waals surface area contributed by atoms with Gasteiger partial charge in [-0.05, 0) is 43.1 Å². The van der Waals surface area contributed by atoms with Crippen LogP contribution >= 0.6 is 11.6 Å². The molecule has 1 aromatic carbocycles. The summed E-state index contributed by atoms with van der Waals surface area (Å²) in [6.45, 7) is 1.50. The minimum atomic E-state index is -0.384. The van der Waals surface area contributed by atoms with Crippen molar-refractivity contribution in [2.45, 2.75) is 38.3 Å². The predicted molar refractivity (Wildman–Crippen MR) is 84.7 cm³/mol. The fourth-order valence-corrected chi connectivity index (χ4v) is 3.07. The summed E-state index contributed by atoms with van der Waals surface area (Å²) >= 11 is 6.25. The standard InChI is InChI=1S/C16H21ClN2O3/c1-22-16(21)11-5-6-14(17)12(8-11)10-19-7-3-2-4-13(19)9-15(18)20/h5-6,8,13H,2-4,7,9-10H2,1H3,(H2,18,20)/t13-/m0/s1. The second-order valence-electron chi connectivity index (χ2n) is 5.59. The molecule has 1 atom stereocenters. The third kappa shape index (κ3) is 4.21. The number of amides is 1. The van der Waals surface area contributed by atoms with E-state index in [1.54, 1.807) is 18.2 Å². The summed E-state index contributed by atoms with van der Waals surface area (Å²) in [5.41, 5.74) is 6.68. The number of rotatable bonds is 5. The van der Waals surface area contributed by atoms with Crippen LogP contribution in [0.4, 0.5) is 0 Å². The van der Waals surface area contributed by atoms with Crippen molar-refractivity contribution in [2.24, 2.45) is 5.73 Å². The van der Waals surface area contributed by atoms with Crippen molar-refractivity contribution in [1.29, 1.82) is 0 Å². The molecule has 1 aromatic rings. The molecule has 0 aromatic heterocycles. The van der Waals surface area contributed by atoms with E-state index in [1.807, 2.05) is 0 Å². The van der Waals surface area contributed by atoms with Gasteiger partial charge >= 0.3 is 5.97 Å². The number of halogens is 1. The van der Waals surface area contributed by atoms with E-state index in [0.29, 0.717) is 23.6 Å². The number of nitrogens with zero attached hydrogens (tertiary/aromatic N) is 1. The van der Waals surface area contributed by atoms with Crippen LogP contribution in [0.25, 0.3) is 0 Å². The fourth-order valence-electron chi connectivity index (χ4n) is 2.89. The maximum atomic E-state index is 11.6. The summed E-state index contributed by atoms with van der Waals surface area (Å²) in [7, 11) is 1.35. The first kappa shape index (κ1) is 16.8. The van der Waals surface area contributed by atoms with Crippen molar-refractivity contribution in [2.75, 3.05) is 13.7 Å². The quantitative estimate of drug-likeness (QED) is 0.844. The molecule has 1 heterocycles. The Balaban J connectivity index is 2.16. The molecule has 1 aliphatic rings. The lowest BCUT2D eigenvalue weighted by molar-refractivity contribution is -0.119. The molecule has 5 nitrogen and oxygen atoms in total. The van der Waals surface area contributed by atoms with E-state index >= 15 is 0 Å². The SMILES string of the molecule is COC(=O)c1ccc(Cl)c(CN2CCCC[C@H]2CC(N)=O)c1. The van der Waals surface area contributed by atoms with Crippen LogP contribution < -0.4 is 5.73 Å². The van der Waals surface area contributed by atoms with Crippen molar-refractivity contribution in [1.82, 2.24) is 4.90 Å². The number of nitrogens with two attached hydrogens (primary N) is 1. The lowest BCUT2D eigenvalue weighted by Crippen LogP contribution is -2.41. The van der Waals surface area contributed by atoms with Crippen LogP contribution in [0.5, 0.6) is 0 Å². The molecule has 6 heteroatoms. The highest BCUT2D eigenvalue weighted by atomic mass is 35.5. The minimum Gasteiger partial charge on any atom is -0.465 e. The van der Waals surface area contributed by atoms with E-state index in [9.17, 15) is 9.59 Å². The third-order valence-electron chi connectivity index (χ3n) is 4.03. The van der Waals surface area contributed by atoms with Gasteiger partial charge in [0.2, 0.25) is 5.91 Å². The van der Waals surface area contributed by atoms with Gasteiger partial charge in [0.1, 0.15) is 0 Å². The first-order chi connectivity index (χ1) is 10.5. The molecule has 0 aliphatic carbocycles. The lowest BCUT2D eigenvalue weighted by atomic mass is 9.98. The molecule has 1 fully saturated rings. The first-order valence-corrected chi connectivity index (χ1v) is 7.78. The Labute approximate surface area is 135 Å². The monoisotopic (exact) mass is 324 g/mol. The van der Waals surface area contributed by atoms with Crippen LogP contribution in [0.1, 0.15) is 41.6 Å². The second-order valence-corrected chi connectivity index (χ2v) is 6.00. The van der Waals surface area contributed by atoms with Gasteiger partial charge in [-0.25, -0.2) is 4.79 Å². The Morgan fingerprint density at radius 2 is 2.18 bits per heavy atom. The zero-order valence-corrected chi connectivity index (χ0v) is 13.4. The molecule has 22 heavy (non-hydrogen) atoms. The van der Waals surface area contributed by atoms with Gasteiger partial charge in [0, 0.05) is 24.0 Å². The van der Waals surface area contributed by atoms with Crippen molar-refractivity contribution >= 4 is 23.5 Å². The number of carbonyl (C=O) groups is 2. The van der Waals surface area contributed by atoms with Crippen LogP contribution in [0.2, 0.25) is 5.02 Å². The number of hydrogen-bond acceptors (Lipinski definition) is 4. The minimum absolute atomic E-state index is 0.143. The van der Waals surface area contributed by atoms with E-state index in [4.69, 9.17) is 22.1 Å². The number of ether oxygens (including phenoxy) is 1. The number of carbonyl (C=O) groups excluding carboxylic acids is 2. The second kappa shape index (κ2) is 7.61. The highest BCUT2D eigenvalue weighted by Crippen LogP contribution is 2.25. The summed E-state index contributed by atoms with van der Waals surface area (Å²) in [6, 6.07) is 5.25. The van der Waals surface area contributed by atoms with Gasteiger partial charge in [-0.3, -0.25) is 9.69 Å². The van der Waals surface area contributed by atoms with E-state index in [1.165, 1.54) is 7.11 Å². The number of likely N-dealkylation sites (tertiary alicyclic amines) is 1. The maximum Gasteiger partial charge on any atom is 0.337 e. The largest absolute Gasteiger partial charge is 0.465 e. The van der Waals surface area contributed by atoms with Gasteiger partial charge in [-0.2, -0.15) is 0 Å². The highest BCUT2D eigenvalue weighted by Gasteiger charge is 2.24. The van der Waals surface area contributed by atoms with Crippen LogP contribution in [0.3, 0.4) is 0 Å².